The van der Waals surface area contributed by atoms with Crippen molar-refractivity contribution < 1.29 is 4.79 Å². The lowest BCUT2D eigenvalue weighted by molar-refractivity contribution is -0.115. The molecule has 0 aliphatic heterocycles. The molecule has 0 bridgehead atoms. The molecular weight excluding hydrogens is 300 g/mol. The van der Waals surface area contributed by atoms with E-state index in [2.05, 4.69) is 20.5 Å². The molecule has 7 heteroatoms. The van der Waals surface area contributed by atoms with Gasteiger partial charge in [-0.25, -0.2) is 0 Å². The number of benzene rings is 1. The number of carbonyl (C=O) groups is 1. The van der Waals surface area contributed by atoms with E-state index in [0.717, 1.165) is 41.2 Å². The van der Waals surface area contributed by atoms with Gasteiger partial charge in [-0.05, 0) is 31.4 Å². The van der Waals surface area contributed by atoms with Gasteiger partial charge in [0.05, 0.1) is 5.25 Å². The van der Waals surface area contributed by atoms with Gasteiger partial charge in [0.2, 0.25) is 5.91 Å². The molecule has 0 fully saturated rings. The average molecular weight is 318 g/mol. The second-order valence-electron chi connectivity index (χ2n) is 4.85. The summed E-state index contributed by atoms with van der Waals surface area (Å²) in [4.78, 5) is 26.1. The van der Waals surface area contributed by atoms with Crippen LogP contribution in [0.25, 0.3) is 0 Å². The summed E-state index contributed by atoms with van der Waals surface area (Å²) in [6, 6.07) is 5.94. The molecule has 0 radical (unpaired) electrons. The molecule has 1 atom stereocenters. The number of aryl methyl sites for hydroxylation is 2. The SMILES string of the molecule is CCc1cccc(C)c1NC(=O)[C@@H](C)Sc1nncc(=O)[nH]1. The maximum atomic E-state index is 12.3. The Kier molecular flexibility index (Phi) is 5.32. The molecular formula is C15H18N4O2S. The zero-order valence-corrected chi connectivity index (χ0v) is 13.5. The Morgan fingerprint density at radius 1 is 1.45 bits per heavy atom. The summed E-state index contributed by atoms with van der Waals surface area (Å²) >= 11 is 1.16. The quantitative estimate of drug-likeness (QED) is 0.825. The largest absolute Gasteiger partial charge is 0.325 e. The van der Waals surface area contributed by atoms with E-state index in [0.29, 0.717) is 5.16 Å². The Labute approximate surface area is 132 Å². The summed E-state index contributed by atoms with van der Waals surface area (Å²) in [7, 11) is 0. The number of para-hydroxylation sites is 1. The van der Waals surface area contributed by atoms with E-state index in [-0.39, 0.29) is 11.5 Å². The second-order valence-corrected chi connectivity index (χ2v) is 6.18. The Morgan fingerprint density at radius 2 is 2.23 bits per heavy atom. The molecule has 22 heavy (non-hydrogen) atoms. The number of thioether (sulfide) groups is 1. The smallest absolute Gasteiger partial charge is 0.270 e. The maximum Gasteiger partial charge on any atom is 0.270 e. The summed E-state index contributed by atoms with van der Waals surface area (Å²) in [5.74, 6) is -0.138. The number of aromatic nitrogens is 3. The monoisotopic (exact) mass is 318 g/mol. The summed E-state index contributed by atoms with van der Waals surface area (Å²) < 4.78 is 0. The molecule has 0 saturated heterocycles. The van der Waals surface area contributed by atoms with Crippen LogP contribution in [0.15, 0.2) is 34.3 Å². The van der Waals surface area contributed by atoms with Crippen LogP contribution in [0.4, 0.5) is 5.69 Å². The molecule has 1 aromatic carbocycles. The molecule has 1 aromatic heterocycles. The lowest BCUT2D eigenvalue weighted by Gasteiger charge is -2.15. The van der Waals surface area contributed by atoms with Gasteiger partial charge in [-0.15, -0.1) is 5.10 Å². The van der Waals surface area contributed by atoms with Crippen molar-refractivity contribution in [3.8, 4) is 0 Å². The Balaban J connectivity index is 2.10. The first-order chi connectivity index (χ1) is 10.5. The molecule has 2 aromatic rings. The van der Waals surface area contributed by atoms with Crippen LogP contribution in [-0.4, -0.2) is 26.3 Å². The molecule has 116 valence electrons. The summed E-state index contributed by atoms with van der Waals surface area (Å²) in [5.41, 5.74) is 2.64. The van der Waals surface area contributed by atoms with E-state index >= 15 is 0 Å². The van der Waals surface area contributed by atoms with Gasteiger partial charge < -0.3 is 5.32 Å². The van der Waals surface area contributed by atoms with E-state index < -0.39 is 5.25 Å². The number of amides is 1. The van der Waals surface area contributed by atoms with Crippen LogP contribution in [0, 0.1) is 6.92 Å². The molecule has 0 saturated carbocycles. The number of H-pyrrole nitrogens is 1. The van der Waals surface area contributed by atoms with Gasteiger partial charge in [0.15, 0.2) is 5.16 Å². The van der Waals surface area contributed by atoms with Crippen molar-refractivity contribution in [3.63, 3.8) is 0 Å². The fourth-order valence-corrected chi connectivity index (χ4v) is 2.75. The van der Waals surface area contributed by atoms with Crippen LogP contribution in [0.3, 0.4) is 0 Å². The van der Waals surface area contributed by atoms with Gasteiger partial charge in [0.1, 0.15) is 6.20 Å². The summed E-state index contributed by atoms with van der Waals surface area (Å²) in [6.07, 6.45) is 1.94. The Morgan fingerprint density at radius 3 is 2.91 bits per heavy atom. The predicted octanol–water partition coefficient (Wildman–Crippen LogP) is 2.16. The van der Waals surface area contributed by atoms with Gasteiger partial charge in [0.25, 0.3) is 5.56 Å². The molecule has 1 amide bonds. The first kappa shape index (κ1) is 16.2. The van der Waals surface area contributed by atoms with Crippen molar-refractivity contribution in [2.24, 2.45) is 0 Å². The van der Waals surface area contributed by atoms with Crippen molar-refractivity contribution in [2.45, 2.75) is 37.6 Å². The van der Waals surface area contributed by atoms with E-state index in [1.807, 2.05) is 32.0 Å². The Hall–Kier alpha value is -2.15. The lowest BCUT2D eigenvalue weighted by Crippen LogP contribution is -2.24. The summed E-state index contributed by atoms with van der Waals surface area (Å²) in [5, 5.41) is 10.3. The van der Waals surface area contributed by atoms with Crippen molar-refractivity contribution >= 4 is 23.4 Å². The number of anilines is 1. The van der Waals surface area contributed by atoms with Gasteiger partial charge in [-0.3, -0.25) is 14.6 Å². The minimum atomic E-state index is -0.406. The zero-order valence-electron chi connectivity index (χ0n) is 12.7. The highest BCUT2D eigenvalue weighted by Gasteiger charge is 2.18. The van der Waals surface area contributed by atoms with Crippen molar-refractivity contribution in [3.05, 3.63) is 45.9 Å². The number of hydrogen-bond acceptors (Lipinski definition) is 5. The first-order valence-corrected chi connectivity index (χ1v) is 7.87. The predicted molar refractivity (Wildman–Crippen MR) is 87.2 cm³/mol. The van der Waals surface area contributed by atoms with Crippen molar-refractivity contribution in [1.29, 1.82) is 0 Å². The highest BCUT2D eigenvalue weighted by molar-refractivity contribution is 8.00. The normalized spacial score (nSPS) is 12.0. The number of nitrogens with one attached hydrogen (secondary N) is 2. The lowest BCUT2D eigenvalue weighted by atomic mass is 10.1. The summed E-state index contributed by atoms with van der Waals surface area (Å²) in [6.45, 7) is 5.77. The second kappa shape index (κ2) is 7.22. The van der Waals surface area contributed by atoms with Crippen LogP contribution in [0.1, 0.15) is 25.0 Å². The minimum Gasteiger partial charge on any atom is -0.325 e. The van der Waals surface area contributed by atoms with E-state index in [4.69, 9.17) is 0 Å². The third-order valence-corrected chi connectivity index (χ3v) is 4.17. The number of carbonyl (C=O) groups excluding carboxylic acids is 1. The third kappa shape index (κ3) is 3.94. The highest BCUT2D eigenvalue weighted by Crippen LogP contribution is 2.24. The average Bonchev–Trinajstić information content (AvgIpc) is 2.49. The van der Waals surface area contributed by atoms with E-state index in [9.17, 15) is 9.59 Å². The van der Waals surface area contributed by atoms with Crippen LogP contribution >= 0.6 is 11.8 Å². The van der Waals surface area contributed by atoms with Crippen LogP contribution in [0.2, 0.25) is 0 Å². The maximum absolute atomic E-state index is 12.3. The number of aromatic amines is 1. The van der Waals surface area contributed by atoms with E-state index in [1.165, 1.54) is 0 Å². The molecule has 2 rings (SSSR count). The minimum absolute atomic E-state index is 0.138. The topological polar surface area (TPSA) is 87.7 Å². The third-order valence-electron chi connectivity index (χ3n) is 3.20. The standard InChI is InChI=1S/C15H18N4O2S/c1-4-11-7-5-6-9(2)13(11)18-14(21)10(3)22-15-17-12(20)8-16-19-15/h5-8,10H,4H2,1-3H3,(H,18,21)(H,17,19,20)/t10-/m1/s1. The van der Waals surface area contributed by atoms with Crippen LogP contribution in [0.5, 0.6) is 0 Å². The van der Waals surface area contributed by atoms with Crippen LogP contribution < -0.4 is 10.9 Å². The number of hydrogen-bond donors (Lipinski definition) is 2. The van der Waals surface area contributed by atoms with Gasteiger partial charge in [-0.2, -0.15) is 5.10 Å². The fourth-order valence-electron chi connectivity index (χ4n) is 2.00. The number of rotatable bonds is 5. The van der Waals surface area contributed by atoms with Gasteiger partial charge in [0, 0.05) is 5.69 Å². The fraction of sp³-hybridized carbons (Fsp3) is 0.333. The van der Waals surface area contributed by atoms with Crippen LogP contribution in [-0.2, 0) is 11.2 Å². The highest BCUT2D eigenvalue weighted by atomic mass is 32.2. The van der Waals surface area contributed by atoms with Gasteiger partial charge in [-0.1, -0.05) is 36.9 Å². The molecule has 6 nitrogen and oxygen atoms in total. The Bertz CT molecular complexity index is 729. The first-order valence-electron chi connectivity index (χ1n) is 6.99. The molecule has 0 unspecified atom stereocenters. The van der Waals surface area contributed by atoms with Crippen molar-refractivity contribution in [1.82, 2.24) is 15.2 Å². The molecule has 0 aliphatic carbocycles. The molecule has 0 spiro atoms. The molecule has 2 N–H and O–H groups in total. The molecule has 0 aliphatic rings. The zero-order chi connectivity index (χ0) is 16.1. The van der Waals surface area contributed by atoms with Crippen molar-refractivity contribution in [2.75, 3.05) is 5.32 Å². The van der Waals surface area contributed by atoms with Gasteiger partial charge >= 0.3 is 0 Å². The van der Waals surface area contributed by atoms with E-state index in [1.54, 1.807) is 6.92 Å². The molecule has 1 heterocycles. The number of nitrogens with zero attached hydrogens (tertiary/aromatic N) is 2.